The summed E-state index contributed by atoms with van der Waals surface area (Å²) in [5, 5.41) is 2.33. The van der Waals surface area contributed by atoms with Gasteiger partial charge in [-0.3, -0.25) is 14.2 Å². The van der Waals surface area contributed by atoms with Gasteiger partial charge in [-0.05, 0) is 6.07 Å². The molecule has 4 nitrogen and oxygen atoms in total. The van der Waals surface area contributed by atoms with E-state index in [4.69, 9.17) is 11.6 Å². The number of aromatic nitrogens is 3. The van der Waals surface area contributed by atoms with Crippen molar-refractivity contribution in [2.24, 2.45) is 0 Å². The number of carbonyl (C=O) groups is 1. The second kappa shape index (κ2) is 4.51. The number of halogens is 1. The van der Waals surface area contributed by atoms with Crippen LogP contribution in [0.1, 0.15) is 16.1 Å². The first kappa shape index (κ1) is 11.4. The highest BCUT2D eigenvalue weighted by molar-refractivity contribution is 7.15. The summed E-state index contributed by atoms with van der Waals surface area (Å²) in [6.07, 6.45) is 7.06. The molecule has 0 aliphatic rings. The molecule has 0 unspecified atom stereocenters. The van der Waals surface area contributed by atoms with Crippen molar-refractivity contribution in [2.45, 2.75) is 6.42 Å². The zero-order valence-corrected chi connectivity index (χ0v) is 10.8. The van der Waals surface area contributed by atoms with Crippen molar-refractivity contribution in [3.8, 4) is 0 Å². The van der Waals surface area contributed by atoms with E-state index in [1.807, 2.05) is 22.2 Å². The molecule has 3 aromatic heterocycles. The number of hydrogen-bond acceptors (Lipinski definition) is 4. The Morgan fingerprint density at radius 3 is 3.17 bits per heavy atom. The number of rotatable bonds is 3. The van der Waals surface area contributed by atoms with Crippen LogP contribution in [0, 0.1) is 0 Å². The zero-order chi connectivity index (χ0) is 12.5. The SMILES string of the molecule is O=C(Cc1cn2ccsc2n1)c1ccncc1Cl. The van der Waals surface area contributed by atoms with E-state index in [1.165, 1.54) is 17.5 Å². The molecule has 0 N–H and O–H groups in total. The van der Waals surface area contributed by atoms with Gasteiger partial charge in [-0.1, -0.05) is 11.6 Å². The minimum atomic E-state index is -0.0480. The lowest BCUT2D eigenvalue weighted by molar-refractivity contribution is 0.0992. The molecular formula is C12H8ClN3OS. The molecule has 0 aliphatic carbocycles. The Morgan fingerprint density at radius 1 is 1.50 bits per heavy atom. The maximum absolute atomic E-state index is 12.1. The van der Waals surface area contributed by atoms with Gasteiger partial charge in [0, 0.05) is 35.7 Å². The first-order valence-corrected chi connectivity index (χ1v) is 6.53. The summed E-state index contributed by atoms with van der Waals surface area (Å²) in [6, 6.07) is 1.63. The van der Waals surface area contributed by atoms with E-state index in [9.17, 15) is 4.79 Å². The van der Waals surface area contributed by atoms with Crippen molar-refractivity contribution in [1.29, 1.82) is 0 Å². The minimum absolute atomic E-state index is 0.0480. The molecule has 0 spiro atoms. The van der Waals surface area contributed by atoms with E-state index in [2.05, 4.69) is 9.97 Å². The third-order valence-corrected chi connectivity index (χ3v) is 3.63. The Labute approximate surface area is 112 Å². The molecule has 0 saturated carbocycles. The highest BCUT2D eigenvalue weighted by atomic mass is 35.5. The Bertz CT molecular complexity index is 690. The van der Waals surface area contributed by atoms with Crippen LogP contribution in [0.15, 0.2) is 36.2 Å². The summed E-state index contributed by atoms with van der Waals surface area (Å²) < 4.78 is 1.90. The normalized spacial score (nSPS) is 10.9. The highest BCUT2D eigenvalue weighted by Gasteiger charge is 2.13. The number of imidazole rings is 1. The van der Waals surface area contributed by atoms with Crippen LogP contribution in [0.25, 0.3) is 4.96 Å². The maximum Gasteiger partial charge on any atom is 0.193 e. The number of carbonyl (C=O) groups excluding carboxylic acids is 1. The summed E-state index contributed by atoms with van der Waals surface area (Å²) in [6.45, 7) is 0. The number of pyridine rings is 1. The standard InChI is InChI=1S/C12H8ClN3OS/c13-10-6-14-2-1-9(10)11(17)5-8-7-16-3-4-18-12(16)15-8/h1-4,6-7H,5H2. The Kier molecular flexibility index (Phi) is 2.85. The maximum atomic E-state index is 12.1. The molecule has 6 heteroatoms. The van der Waals surface area contributed by atoms with Crippen molar-refractivity contribution < 1.29 is 4.79 Å². The van der Waals surface area contributed by atoms with E-state index >= 15 is 0 Å². The van der Waals surface area contributed by atoms with Gasteiger partial charge in [0.25, 0.3) is 0 Å². The number of thiazole rings is 1. The summed E-state index contributed by atoms with van der Waals surface area (Å²) in [5.41, 5.74) is 1.24. The molecule has 0 bridgehead atoms. The number of hydrogen-bond donors (Lipinski definition) is 0. The number of nitrogens with zero attached hydrogens (tertiary/aromatic N) is 3. The van der Waals surface area contributed by atoms with E-state index < -0.39 is 0 Å². The van der Waals surface area contributed by atoms with Gasteiger partial charge in [-0.25, -0.2) is 4.98 Å². The summed E-state index contributed by atoms with van der Waals surface area (Å²) in [5.74, 6) is -0.0480. The van der Waals surface area contributed by atoms with Gasteiger partial charge in [-0.2, -0.15) is 0 Å². The number of fused-ring (bicyclic) bond motifs is 1. The van der Waals surface area contributed by atoms with E-state index in [1.54, 1.807) is 12.3 Å². The second-order valence-corrected chi connectivity index (χ2v) is 5.06. The molecule has 3 heterocycles. The number of ketones is 1. The first-order chi connectivity index (χ1) is 8.74. The average Bonchev–Trinajstić information content (AvgIpc) is 2.90. The van der Waals surface area contributed by atoms with Crippen LogP contribution in [0.2, 0.25) is 5.02 Å². The van der Waals surface area contributed by atoms with Crippen molar-refractivity contribution >= 4 is 33.7 Å². The zero-order valence-electron chi connectivity index (χ0n) is 9.21. The third kappa shape index (κ3) is 2.02. The van der Waals surface area contributed by atoms with Crippen LogP contribution in [-0.4, -0.2) is 20.2 Å². The third-order valence-electron chi connectivity index (χ3n) is 2.56. The lowest BCUT2D eigenvalue weighted by atomic mass is 10.1. The highest BCUT2D eigenvalue weighted by Crippen LogP contribution is 2.17. The molecule has 0 amide bonds. The topological polar surface area (TPSA) is 47.3 Å². The molecule has 0 radical (unpaired) electrons. The van der Waals surface area contributed by atoms with Crippen molar-refractivity contribution in [1.82, 2.24) is 14.4 Å². The predicted molar refractivity (Wildman–Crippen MR) is 70.4 cm³/mol. The van der Waals surface area contributed by atoms with Crippen LogP contribution in [0.4, 0.5) is 0 Å². The van der Waals surface area contributed by atoms with Gasteiger partial charge < -0.3 is 0 Å². The lowest BCUT2D eigenvalue weighted by Crippen LogP contribution is -2.04. The average molecular weight is 278 g/mol. The predicted octanol–water partition coefficient (Wildman–Crippen LogP) is 2.87. The number of Topliss-reactive ketones (excluding diaryl/α,β-unsaturated/α-hetero) is 1. The Balaban J connectivity index is 1.87. The summed E-state index contributed by atoms with van der Waals surface area (Å²) in [4.78, 5) is 21.2. The molecule has 0 fully saturated rings. The van der Waals surface area contributed by atoms with Crippen molar-refractivity contribution in [3.63, 3.8) is 0 Å². The van der Waals surface area contributed by atoms with Gasteiger partial charge in [-0.15, -0.1) is 11.3 Å². The fraction of sp³-hybridized carbons (Fsp3) is 0.0833. The van der Waals surface area contributed by atoms with Gasteiger partial charge in [0.05, 0.1) is 17.1 Å². The molecule has 90 valence electrons. The summed E-state index contributed by atoms with van der Waals surface area (Å²) >= 11 is 7.47. The van der Waals surface area contributed by atoms with Gasteiger partial charge in [0.15, 0.2) is 10.7 Å². The van der Waals surface area contributed by atoms with Gasteiger partial charge in [0.2, 0.25) is 0 Å². The van der Waals surface area contributed by atoms with Crippen LogP contribution in [0.3, 0.4) is 0 Å². The molecule has 18 heavy (non-hydrogen) atoms. The lowest BCUT2D eigenvalue weighted by Gasteiger charge is -2.00. The van der Waals surface area contributed by atoms with Crippen LogP contribution >= 0.6 is 22.9 Å². The van der Waals surface area contributed by atoms with Crippen molar-refractivity contribution in [2.75, 3.05) is 0 Å². The van der Waals surface area contributed by atoms with E-state index in [-0.39, 0.29) is 12.2 Å². The van der Waals surface area contributed by atoms with E-state index in [0.29, 0.717) is 10.6 Å². The largest absolute Gasteiger partial charge is 0.297 e. The molecule has 0 aromatic carbocycles. The van der Waals surface area contributed by atoms with Crippen molar-refractivity contribution in [3.05, 3.63) is 52.5 Å². The fourth-order valence-electron chi connectivity index (χ4n) is 1.72. The van der Waals surface area contributed by atoms with Crippen LogP contribution < -0.4 is 0 Å². The molecule has 0 saturated heterocycles. The summed E-state index contributed by atoms with van der Waals surface area (Å²) in [7, 11) is 0. The van der Waals surface area contributed by atoms with E-state index in [0.717, 1.165) is 10.7 Å². The molecular weight excluding hydrogens is 270 g/mol. The van der Waals surface area contributed by atoms with Crippen LogP contribution in [-0.2, 0) is 6.42 Å². The van der Waals surface area contributed by atoms with Gasteiger partial charge in [0.1, 0.15) is 0 Å². The second-order valence-electron chi connectivity index (χ2n) is 3.78. The molecule has 3 aromatic rings. The van der Waals surface area contributed by atoms with Gasteiger partial charge >= 0.3 is 0 Å². The smallest absolute Gasteiger partial charge is 0.193 e. The fourth-order valence-corrected chi connectivity index (χ4v) is 2.67. The first-order valence-electron chi connectivity index (χ1n) is 5.28. The molecule has 0 aliphatic heterocycles. The van der Waals surface area contributed by atoms with Crippen LogP contribution in [0.5, 0.6) is 0 Å². The minimum Gasteiger partial charge on any atom is -0.297 e. The monoisotopic (exact) mass is 277 g/mol. The quantitative estimate of drug-likeness (QED) is 0.692. The molecule has 0 atom stereocenters. The molecule has 3 rings (SSSR count). The Morgan fingerprint density at radius 2 is 2.39 bits per heavy atom. The Hall–Kier alpha value is -1.72.